The number of aliphatic hydroxyl groups excluding tert-OH is 1. The Morgan fingerprint density at radius 2 is 1.86 bits per heavy atom. The third-order valence-electron chi connectivity index (χ3n) is 2.93. The van der Waals surface area contributed by atoms with Crippen LogP contribution in [0.4, 0.5) is 0 Å². The van der Waals surface area contributed by atoms with Crippen molar-refractivity contribution >= 4 is 44.0 Å². The van der Waals surface area contributed by atoms with E-state index in [1.807, 2.05) is 0 Å². The molecule has 0 heterocycles. The normalized spacial score (nSPS) is 11.7. The van der Waals surface area contributed by atoms with Gasteiger partial charge in [-0.3, -0.25) is 4.67 Å². The third kappa shape index (κ3) is 27.8. The quantitative estimate of drug-likeness (QED) is 0.114. The maximum Gasteiger partial charge on any atom is 0.155 e. The fourth-order valence-electron chi connectivity index (χ4n) is 1.66. The molecule has 0 amide bonds. The minimum atomic E-state index is -0.104. The number of ketones is 1. The molecule has 0 saturated heterocycles. The summed E-state index contributed by atoms with van der Waals surface area (Å²) in [6.07, 6.45) is 1.66. The van der Waals surface area contributed by atoms with Gasteiger partial charge in [-0.25, -0.2) is 4.89 Å². The Hall–Kier alpha value is -0.250. The van der Waals surface area contributed by atoms with Gasteiger partial charge >= 0.3 is 0 Å². The third-order valence-corrected chi connectivity index (χ3v) is 4.86. The van der Waals surface area contributed by atoms with Crippen molar-refractivity contribution in [2.45, 2.75) is 72.1 Å². The number of aliphatic hydroxyl groups is 1. The number of carbonyl (C=O) groups is 2. The fraction of sp³-hybridized carbons (Fsp3) is 0.833. The predicted octanol–water partition coefficient (Wildman–Crippen LogP) is 3.39. The molecule has 0 bridgehead atoms. The minimum Gasteiger partial charge on any atom is -0.395 e. The molecule has 0 aliphatic carbocycles. The molecule has 1 N–H and O–H groups in total. The summed E-state index contributed by atoms with van der Waals surface area (Å²) in [5, 5.41) is 15.5. The van der Waals surface area contributed by atoms with E-state index in [2.05, 4.69) is 35.6 Å². The number of Topliss-reactive ketones (excluding diaryl/α,β-unsaturated/α-hetero) is 1. The van der Waals surface area contributed by atoms with Crippen LogP contribution in [0.5, 0.6) is 0 Å². The van der Waals surface area contributed by atoms with Gasteiger partial charge in [0.1, 0.15) is 24.8 Å². The molecule has 2 atom stereocenters. The summed E-state index contributed by atoms with van der Waals surface area (Å²) in [6, 6.07) is 2.68. The van der Waals surface area contributed by atoms with E-state index in [1.165, 1.54) is 6.92 Å². The van der Waals surface area contributed by atoms with Gasteiger partial charge in [-0.15, -0.1) is 0 Å². The van der Waals surface area contributed by atoms with Gasteiger partial charge in [0, 0.05) is 32.0 Å². The van der Waals surface area contributed by atoms with Crippen LogP contribution in [0.1, 0.15) is 53.9 Å². The zero-order valence-electron chi connectivity index (χ0n) is 18.2. The van der Waals surface area contributed by atoms with Crippen LogP contribution in [0.25, 0.3) is 0 Å². The highest BCUT2D eigenvalue weighted by molar-refractivity contribution is 14.1. The number of rotatable bonds is 14. The van der Waals surface area contributed by atoms with Crippen LogP contribution in [-0.4, -0.2) is 67.0 Å². The average Bonchev–Trinajstić information content (AvgIpc) is 2.65. The van der Waals surface area contributed by atoms with E-state index in [0.717, 1.165) is 6.29 Å². The van der Waals surface area contributed by atoms with E-state index in [-0.39, 0.29) is 24.9 Å². The zero-order valence-corrected chi connectivity index (χ0v) is 21.4. The number of ether oxygens (including phenoxy) is 1. The molecule has 0 aromatic carbocycles. The molecule has 11 heteroatoms. The SMILES string of the molecule is CC(=O)CCC=O.COCC(COOI)OPN(C(C)C)C(C)C.N#CCCO. The highest BCUT2D eigenvalue weighted by Crippen LogP contribution is 2.27. The van der Waals surface area contributed by atoms with Crippen LogP contribution in [-0.2, 0) is 27.0 Å². The molecule has 0 saturated carbocycles. The number of carbonyl (C=O) groups excluding carboxylic acids is 2. The van der Waals surface area contributed by atoms with Crippen LogP contribution in [0.3, 0.4) is 0 Å². The smallest absolute Gasteiger partial charge is 0.155 e. The Morgan fingerprint density at radius 1 is 1.28 bits per heavy atom. The van der Waals surface area contributed by atoms with Crippen LogP contribution >= 0.6 is 32.0 Å². The Bertz CT molecular complexity index is 416. The van der Waals surface area contributed by atoms with Gasteiger partial charge in [-0.1, -0.05) is 0 Å². The van der Waals surface area contributed by atoms with Crippen molar-refractivity contribution in [2.24, 2.45) is 0 Å². The Morgan fingerprint density at radius 3 is 2.14 bits per heavy atom. The molecule has 0 aromatic rings. The van der Waals surface area contributed by atoms with Gasteiger partial charge in [0.05, 0.1) is 34.7 Å². The molecule has 2 unspecified atom stereocenters. The van der Waals surface area contributed by atoms with E-state index in [0.29, 0.717) is 47.1 Å². The van der Waals surface area contributed by atoms with Gasteiger partial charge in [0.2, 0.25) is 0 Å². The molecule has 9 nitrogen and oxygen atoms in total. The minimum absolute atomic E-state index is 0.0174. The van der Waals surface area contributed by atoms with E-state index >= 15 is 0 Å². The fourth-order valence-corrected chi connectivity index (χ4v) is 2.63. The second-order valence-electron chi connectivity index (χ2n) is 6.27. The van der Waals surface area contributed by atoms with Crippen LogP contribution in [0, 0.1) is 11.3 Å². The first-order valence-corrected chi connectivity index (χ1v) is 10.9. The maximum absolute atomic E-state index is 10.0. The first-order chi connectivity index (χ1) is 13.7. The first-order valence-electron chi connectivity index (χ1n) is 9.21. The standard InChI is InChI=1S/C10H23INO4P.C5H8O2.C3H5NO/c1-8(2)12(9(3)4)17-15-10(6-13-5)7-14-16-11;1-5(7)3-2-4-6;4-2-1-3-5/h8-10,17H,6-7H2,1-5H3;4H,2-3H2,1H3;5H,1,3H2. The van der Waals surface area contributed by atoms with Crippen LogP contribution < -0.4 is 0 Å². The van der Waals surface area contributed by atoms with Crippen molar-refractivity contribution in [1.29, 1.82) is 5.26 Å². The number of hydrogen-bond donors (Lipinski definition) is 1. The lowest BCUT2D eigenvalue weighted by Gasteiger charge is -2.30. The molecule has 0 aliphatic rings. The average molecular weight is 550 g/mol. The molecule has 0 rings (SSSR count). The lowest BCUT2D eigenvalue weighted by atomic mass is 10.3. The molecule has 172 valence electrons. The number of hydrogen-bond acceptors (Lipinski definition) is 9. The molecule has 0 fully saturated rings. The summed E-state index contributed by atoms with van der Waals surface area (Å²) in [4.78, 5) is 24.5. The molecule has 0 spiro atoms. The Labute approximate surface area is 190 Å². The van der Waals surface area contributed by atoms with Crippen molar-refractivity contribution in [1.82, 2.24) is 4.67 Å². The summed E-state index contributed by atoms with van der Waals surface area (Å²) in [5.74, 6) is 0.0760. The van der Waals surface area contributed by atoms with E-state index in [9.17, 15) is 9.59 Å². The highest BCUT2D eigenvalue weighted by atomic mass is 127. The predicted molar refractivity (Wildman–Crippen MR) is 122 cm³/mol. The summed E-state index contributed by atoms with van der Waals surface area (Å²) < 4.78 is 17.7. The number of aldehydes is 1. The van der Waals surface area contributed by atoms with Crippen molar-refractivity contribution in [2.75, 3.05) is 26.9 Å². The van der Waals surface area contributed by atoms with E-state index in [1.54, 1.807) is 36.2 Å². The lowest BCUT2D eigenvalue weighted by molar-refractivity contribution is -0.187. The van der Waals surface area contributed by atoms with Crippen LogP contribution in [0.2, 0.25) is 0 Å². The number of halogens is 1. The van der Waals surface area contributed by atoms with Crippen molar-refractivity contribution < 1.29 is 32.1 Å². The van der Waals surface area contributed by atoms with Crippen LogP contribution in [0.15, 0.2) is 0 Å². The molecule has 0 aliphatic heterocycles. The Kier molecular flexibility index (Phi) is 29.7. The lowest BCUT2D eigenvalue weighted by Crippen LogP contribution is -2.31. The Balaban J connectivity index is -0.000000461. The summed E-state index contributed by atoms with van der Waals surface area (Å²) in [5.41, 5.74) is 0. The molecule has 29 heavy (non-hydrogen) atoms. The first kappa shape index (κ1) is 33.4. The van der Waals surface area contributed by atoms with E-state index < -0.39 is 0 Å². The van der Waals surface area contributed by atoms with Gasteiger partial charge in [0.25, 0.3) is 0 Å². The number of nitriles is 1. The largest absolute Gasteiger partial charge is 0.395 e. The number of nitrogens with zero attached hydrogens (tertiary/aromatic N) is 2. The zero-order chi connectivity index (χ0) is 23.1. The number of methoxy groups -OCH3 is 1. The summed E-state index contributed by atoms with van der Waals surface area (Å²) in [6.45, 7) is 11.0. The molecular weight excluding hydrogens is 514 g/mol. The topological polar surface area (TPSA) is 118 Å². The van der Waals surface area contributed by atoms with Crippen molar-refractivity contribution in [3.8, 4) is 6.07 Å². The van der Waals surface area contributed by atoms with E-state index in [4.69, 9.17) is 24.5 Å². The molecular formula is C18H36IN2O7P. The molecule has 0 radical (unpaired) electrons. The van der Waals surface area contributed by atoms with Crippen molar-refractivity contribution in [3.05, 3.63) is 0 Å². The summed E-state index contributed by atoms with van der Waals surface area (Å²) in [7, 11) is 1.95. The second-order valence-corrected chi connectivity index (χ2v) is 7.56. The van der Waals surface area contributed by atoms with Gasteiger partial charge in [0.15, 0.2) is 23.0 Å². The molecule has 0 aromatic heterocycles. The second kappa shape index (κ2) is 25.8. The highest BCUT2D eigenvalue weighted by Gasteiger charge is 2.17. The summed E-state index contributed by atoms with van der Waals surface area (Å²) >= 11 is 1.69. The van der Waals surface area contributed by atoms with Gasteiger partial charge in [-0.05, 0) is 34.6 Å². The van der Waals surface area contributed by atoms with Gasteiger partial charge in [-0.2, -0.15) is 8.48 Å². The maximum atomic E-state index is 10.0. The van der Waals surface area contributed by atoms with Crippen molar-refractivity contribution in [3.63, 3.8) is 0 Å². The monoisotopic (exact) mass is 550 g/mol. The van der Waals surface area contributed by atoms with Gasteiger partial charge < -0.3 is 24.0 Å².